The molecule has 0 saturated carbocycles. The van der Waals surface area contributed by atoms with Gasteiger partial charge < -0.3 is 0 Å². The summed E-state index contributed by atoms with van der Waals surface area (Å²) in [6, 6.07) is 0. The van der Waals surface area contributed by atoms with Gasteiger partial charge in [-0.15, -0.1) is 0 Å². The van der Waals surface area contributed by atoms with Crippen LogP contribution in [0.15, 0.2) is 9.95 Å². The Morgan fingerprint density at radius 3 is 2.67 bits per heavy atom. The van der Waals surface area contributed by atoms with Gasteiger partial charge in [-0.1, -0.05) is 0 Å². The van der Waals surface area contributed by atoms with E-state index >= 15 is 0 Å². The number of nitrogens with zero attached hydrogens (tertiary/aromatic N) is 2. The number of hydrogen-bond acceptors (Lipinski definition) is 5. The monoisotopic (exact) mass is 307 g/mol. The average Bonchev–Trinajstić information content (AvgIpc) is 2.41. The van der Waals surface area contributed by atoms with Crippen LogP contribution in [0, 0.1) is 10.7 Å². The molecule has 0 fully saturated rings. The Kier molecular flexibility index (Phi) is 5.92. The van der Waals surface area contributed by atoms with Crippen LogP contribution in [0.1, 0.15) is 20.3 Å². The molecule has 0 bridgehead atoms. The fourth-order valence-corrected chi connectivity index (χ4v) is 2.31. The van der Waals surface area contributed by atoms with Crippen molar-refractivity contribution in [1.29, 1.82) is 0 Å². The van der Waals surface area contributed by atoms with Gasteiger partial charge in [-0.3, -0.25) is 0 Å². The van der Waals surface area contributed by atoms with E-state index in [1.807, 2.05) is 13.8 Å². The molecule has 113 valence electrons. The molecule has 1 aromatic heterocycles. The second kappa shape index (κ2) is 7.04. The number of carbonyl (C=O) groups excluding carboxylic acids is 1. The first kappa shape index (κ1) is 17.6. The summed E-state index contributed by atoms with van der Waals surface area (Å²) in [7, 11) is 5.67. The quantitative estimate of drug-likeness (QED) is 0.383. The fourth-order valence-electron chi connectivity index (χ4n) is 1.55. The standard InChI is InChI=1S/C13H20BN4O2S/c1-8-10(14)17-12(21-6-9(16)19)18(11(8)20)5-4-13(2,3)7-15/h1,4-7,15H2,2-3H3,(H2,16,19). The molecule has 1 amide bonds. The summed E-state index contributed by atoms with van der Waals surface area (Å²) in [5.74, 6) is -0.455. The summed E-state index contributed by atoms with van der Waals surface area (Å²) in [4.78, 5) is 27.3. The predicted octanol–water partition coefficient (Wildman–Crippen LogP) is -0.975. The third-order valence-corrected chi connectivity index (χ3v) is 4.17. The molecule has 8 heteroatoms. The first-order chi connectivity index (χ1) is 9.68. The van der Waals surface area contributed by atoms with Gasteiger partial charge in [0.15, 0.2) is 0 Å². The summed E-state index contributed by atoms with van der Waals surface area (Å²) in [6.45, 7) is 8.61. The molecular formula is C13H20BN4O2S. The summed E-state index contributed by atoms with van der Waals surface area (Å²) >= 11 is 1.09. The van der Waals surface area contributed by atoms with Crippen LogP contribution in [0.3, 0.4) is 0 Å². The number of primary amides is 1. The van der Waals surface area contributed by atoms with Crippen molar-refractivity contribution in [3.05, 3.63) is 20.8 Å². The van der Waals surface area contributed by atoms with Crippen molar-refractivity contribution in [2.45, 2.75) is 32.0 Å². The van der Waals surface area contributed by atoms with E-state index < -0.39 is 5.91 Å². The van der Waals surface area contributed by atoms with Gasteiger partial charge in [-0.25, -0.2) is 0 Å². The maximum atomic E-state index is 12.3. The first-order valence-electron chi connectivity index (χ1n) is 6.51. The van der Waals surface area contributed by atoms with Gasteiger partial charge in [0.1, 0.15) is 0 Å². The Morgan fingerprint density at radius 1 is 1.52 bits per heavy atom. The fraction of sp³-hybridized carbons (Fsp3) is 0.538. The molecule has 0 aliphatic carbocycles. The van der Waals surface area contributed by atoms with E-state index in [2.05, 4.69) is 11.6 Å². The van der Waals surface area contributed by atoms with Gasteiger partial charge in [-0.2, -0.15) is 0 Å². The number of hydrogen-bond donors (Lipinski definition) is 2. The van der Waals surface area contributed by atoms with Crippen LogP contribution in [0.25, 0.3) is 6.58 Å². The van der Waals surface area contributed by atoms with E-state index in [1.165, 1.54) is 4.57 Å². The van der Waals surface area contributed by atoms with Crippen LogP contribution < -0.4 is 22.2 Å². The van der Waals surface area contributed by atoms with Crippen molar-refractivity contribution in [3.8, 4) is 0 Å². The molecule has 4 N–H and O–H groups in total. The van der Waals surface area contributed by atoms with Gasteiger partial charge in [0.05, 0.1) is 0 Å². The molecule has 0 atom stereocenters. The zero-order chi connectivity index (χ0) is 16.2. The van der Waals surface area contributed by atoms with Crippen molar-refractivity contribution in [2.75, 3.05) is 12.3 Å². The number of thioether (sulfide) groups is 1. The summed E-state index contributed by atoms with van der Waals surface area (Å²) in [5.41, 5.74) is 10.4. The predicted molar refractivity (Wildman–Crippen MR) is 85.6 cm³/mol. The zero-order valence-corrected chi connectivity index (χ0v) is 13.2. The van der Waals surface area contributed by atoms with Crippen LogP contribution in [0.2, 0.25) is 0 Å². The molecule has 1 rings (SSSR count). The van der Waals surface area contributed by atoms with Crippen LogP contribution in [-0.4, -0.2) is 35.2 Å². The van der Waals surface area contributed by atoms with Gasteiger partial charge in [0, 0.05) is 0 Å². The summed E-state index contributed by atoms with van der Waals surface area (Å²) < 4.78 is 1.48. The normalized spacial score (nSPS) is 11.5. The molecule has 0 aliphatic rings. The van der Waals surface area contributed by atoms with Crippen LogP contribution >= 0.6 is 11.8 Å². The van der Waals surface area contributed by atoms with E-state index in [-0.39, 0.29) is 27.2 Å². The van der Waals surface area contributed by atoms with E-state index in [1.54, 1.807) is 0 Å². The number of rotatable bonds is 7. The Balaban J connectivity index is 3.18. The van der Waals surface area contributed by atoms with Crippen molar-refractivity contribution in [3.63, 3.8) is 0 Å². The first-order valence-corrected chi connectivity index (χ1v) is 7.50. The number of nitrogens with two attached hydrogens (primary N) is 2. The van der Waals surface area contributed by atoms with Gasteiger partial charge in [-0.05, 0) is 0 Å². The van der Waals surface area contributed by atoms with Gasteiger partial charge in [0.25, 0.3) is 0 Å². The third kappa shape index (κ3) is 4.82. The summed E-state index contributed by atoms with van der Waals surface area (Å²) in [5, 5.41) is 0.599. The minimum atomic E-state index is -0.486. The zero-order valence-electron chi connectivity index (χ0n) is 12.4. The SMILES string of the molecule is [B]=c1nc(SCC(N)=O)n(CCC(C)(C)CN)c(=O)c1=C. The molecule has 0 aromatic carbocycles. The van der Waals surface area contributed by atoms with Crippen molar-refractivity contribution < 1.29 is 4.79 Å². The molecule has 0 saturated heterocycles. The Bertz CT molecular complexity index is 687. The number of amides is 1. The van der Waals surface area contributed by atoms with E-state index in [0.29, 0.717) is 24.7 Å². The van der Waals surface area contributed by atoms with Crippen molar-refractivity contribution >= 4 is 31.7 Å². The van der Waals surface area contributed by atoms with Crippen LogP contribution in [0.5, 0.6) is 0 Å². The molecule has 0 unspecified atom stereocenters. The second-order valence-corrected chi connectivity index (χ2v) is 6.53. The summed E-state index contributed by atoms with van der Waals surface area (Å²) in [6.07, 6.45) is 0.693. The Labute approximate surface area is 128 Å². The van der Waals surface area contributed by atoms with Gasteiger partial charge >= 0.3 is 128 Å². The van der Waals surface area contributed by atoms with E-state index in [9.17, 15) is 9.59 Å². The van der Waals surface area contributed by atoms with E-state index in [0.717, 1.165) is 11.8 Å². The number of carbonyl (C=O) groups is 1. The molecule has 0 aliphatic heterocycles. The van der Waals surface area contributed by atoms with Gasteiger partial charge in [0.2, 0.25) is 0 Å². The second-order valence-electron chi connectivity index (χ2n) is 5.59. The van der Waals surface area contributed by atoms with Crippen molar-refractivity contribution in [1.82, 2.24) is 9.55 Å². The van der Waals surface area contributed by atoms with E-state index in [4.69, 9.17) is 19.0 Å². The van der Waals surface area contributed by atoms with Crippen molar-refractivity contribution in [2.24, 2.45) is 16.9 Å². The molecular weight excluding hydrogens is 287 g/mol. The molecule has 6 nitrogen and oxygen atoms in total. The molecule has 1 aromatic rings. The molecule has 0 spiro atoms. The Morgan fingerprint density at radius 2 is 2.14 bits per heavy atom. The molecule has 1 heterocycles. The molecule has 1 radical (unpaired) electrons. The topological polar surface area (TPSA) is 104 Å². The number of aromatic nitrogens is 2. The third-order valence-electron chi connectivity index (χ3n) is 3.17. The van der Waals surface area contributed by atoms with Crippen LogP contribution in [0.4, 0.5) is 0 Å². The maximum absolute atomic E-state index is 12.3. The van der Waals surface area contributed by atoms with Crippen LogP contribution in [-0.2, 0) is 11.3 Å². The molecule has 21 heavy (non-hydrogen) atoms. The minimum absolute atomic E-state index is 0.0304. The Hall–Kier alpha value is -1.41. The average molecular weight is 307 g/mol.